The molecule has 0 radical (unpaired) electrons. The number of benzene rings is 1. The highest BCUT2D eigenvalue weighted by Crippen LogP contribution is 2.36. The predicted octanol–water partition coefficient (Wildman–Crippen LogP) is 2.31. The SMILES string of the molecule is COc1cc2nc(C)c3nc(C)n(Cc4ccc(S(N)(=O)=O)cn4)c3c2cc1OC. The Bertz CT molecular complexity index is 1380. The van der Waals surface area contributed by atoms with Crippen LogP contribution in [0.25, 0.3) is 21.9 Å². The molecule has 156 valence electrons. The van der Waals surface area contributed by atoms with Crippen LogP contribution in [0.15, 0.2) is 35.4 Å². The smallest absolute Gasteiger partial charge is 0.239 e. The van der Waals surface area contributed by atoms with E-state index in [0.717, 1.165) is 33.5 Å². The molecule has 30 heavy (non-hydrogen) atoms. The molecule has 0 fully saturated rings. The van der Waals surface area contributed by atoms with E-state index in [2.05, 4.69) is 9.97 Å². The lowest BCUT2D eigenvalue weighted by Crippen LogP contribution is -2.13. The number of aromatic nitrogens is 4. The lowest BCUT2D eigenvalue weighted by atomic mass is 10.1. The number of pyridine rings is 2. The number of sulfonamides is 1. The van der Waals surface area contributed by atoms with Crippen LogP contribution >= 0.6 is 0 Å². The van der Waals surface area contributed by atoms with E-state index in [4.69, 9.17) is 19.6 Å². The van der Waals surface area contributed by atoms with Gasteiger partial charge in [-0.25, -0.2) is 18.5 Å². The number of imidazole rings is 1. The number of primary sulfonamides is 1. The largest absolute Gasteiger partial charge is 0.493 e. The summed E-state index contributed by atoms with van der Waals surface area (Å²) < 4.78 is 35.9. The number of nitrogens with zero attached hydrogens (tertiary/aromatic N) is 4. The number of methoxy groups -OCH3 is 2. The van der Waals surface area contributed by atoms with Crippen molar-refractivity contribution in [1.29, 1.82) is 0 Å². The highest BCUT2D eigenvalue weighted by atomic mass is 32.2. The third-order valence-electron chi connectivity index (χ3n) is 4.99. The van der Waals surface area contributed by atoms with Crippen LogP contribution in [0, 0.1) is 13.8 Å². The number of nitrogens with two attached hydrogens (primary N) is 1. The van der Waals surface area contributed by atoms with Gasteiger partial charge in [0.15, 0.2) is 11.5 Å². The molecule has 0 aliphatic heterocycles. The van der Waals surface area contributed by atoms with Gasteiger partial charge in [-0.2, -0.15) is 0 Å². The Balaban J connectivity index is 1.92. The Morgan fingerprint density at radius 2 is 1.77 bits per heavy atom. The van der Waals surface area contributed by atoms with Crippen molar-refractivity contribution in [2.24, 2.45) is 5.14 Å². The van der Waals surface area contributed by atoms with Crippen LogP contribution in [0.2, 0.25) is 0 Å². The molecule has 4 rings (SSSR count). The van der Waals surface area contributed by atoms with Gasteiger partial charge in [-0.05, 0) is 32.0 Å². The lowest BCUT2D eigenvalue weighted by Gasteiger charge is -2.12. The minimum atomic E-state index is -3.79. The first kappa shape index (κ1) is 20.0. The van der Waals surface area contributed by atoms with Crippen molar-refractivity contribution in [3.05, 3.63) is 47.7 Å². The van der Waals surface area contributed by atoms with Crippen LogP contribution < -0.4 is 14.6 Å². The topological polar surface area (TPSA) is 122 Å². The fourth-order valence-electron chi connectivity index (χ4n) is 3.50. The van der Waals surface area contributed by atoms with Crippen LogP contribution in [0.5, 0.6) is 11.5 Å². The van der Waals surface area contributed by atoms with Gasteiger partial charge in [-0.1, -0.05) is 0 Å². The Labute approximate surface area is 173 Å². The Morgan fingerprint density at radius 3 is 2.37 bits per heavy atom. The molecule has 0 aliphatic rings. The lowest BCUT2D eigenvalue weighted by molar-refractivity contribution is 0.356. The fraction of sp³-hybridized carbons (Fsp3) is 0.250. The van der Waals surface area contributed by atoms with Gasteiger partial charge in [0.05, 0.1) is 43.2 Å². The quantitative estimate of drug-likeness (QED) is 0.518. The average Bonchev–Trinajstić information content (AvgIpc) is 3.04. The summed E-state index contributed by atoms with van der Waals surface area (Å²) in [4.78, 5) is 13.6. The van der Waals surface area contributed by atoms with Gasteiger partial charge in [0, 0.05) is 17.6 Å². The molecular weight excluding hydrogens is 406 g/mol. The van der Waals surface area contributed by atoms with E-state index in [1.54, 1.807) is 20.3 Å². The van der Waals surface area contributed by atoms with E-state index in [0.29, 0.717) is 23.7 Å². The van der Waals surface area contributed by atoms with Crippen LogP contribution in [0.1, 0.15) is 17.2 Å². The molecule has 0 aliphatic carbocycles. The Hall–Kier alpha value is -3.24. The van der Waals surface area contributed by atoms with Gasteiger partial charge in [0.1, 0.15) is 16.2 Å². The van der Waals surface area contributed by atoms with Crippen molar-refractivity contribution in [1.82, 2.24) is 19.5 Å². The molecule has 0 spiro atoms. The molecule has 10 heteroatoms. The van der Waals surface area contributed by atoms with Gasteiger partial charge in [-0.3, -0.25) is 9.97 Å². The van der Waals surface area contributed by atoms with E-state index in [1.807, 2.05) is 30.5 Å². The predicted molar refractivity (Wildman–Crippen MR) is 112 cm³/mol. The summed E-state index contributed by atoms with van der Waals surface area (Å²) >= 11 is 0. The number of rotatable bonds is 5. The van der Waals surface area contributed by atoms with Gasteiger partial charge in [0.2, 0.25) is 10.0 Å². The van der Waals surface area contributed by atoms with Crippen molar-refractivity contribution < 1.29 is 17.9 Å². The molecule has 1 aromatic carbocycles. The zero-order chi connectivity index (χ0) is 21.6. The third kappa shape index (κ3) is 3.33. The number of hydrogen-bond donors (Lipinski definition) is 1. The molecule has 3 aromatic heterocycles. The second-order valence-corrected chi connectivity index (χ2v) is 8.46. The maximum Gasteiger partial charge on any atom is 0.239 e. The summed E-state index contributed by atoms with van der Waals surface area (Å²) in [6.45, 7) is 4.22. The zero-order valence-corrected chi connectivity index (χ0v) is 17.8. The minimum Gasteiger partial charge on any atom is -0.493 e. The van der Waals surface area contributed by atoms with E-state index in [9.17, 15) is 8.42 Å². The van der Waals surface area contributed by atoms with Gasteiger partial charge in [0.25, 0.3) is 0 Å². The average molecular weight is 427 g/mol. The second-order valence-electron chi connectivity index (χ2n) is 6.89. The highest BCUT2D eigenvalue weighted by molar-refractivity contribution is 7.89. The molecule has 4 aromatic rings. The standard InChI is InChI=1S/C20H21N5O4S/c1-11-19-20(15-7-17(28-3)18(29-4)8-16(15)23-11)25(12(2)24-19)10-13-5-6-14(9-22-13)30(21,26)27/h5-9H,10H2,1-4H3,(H2,21,26,27). The van der Waals surface area contributed by atoms with Crippen molar-refractivity contribution >= 4 is 32.0 Å². The van der Waals surface area contributed by atoms with Crippen molar-refractivity contribution in [3.63, 3.8) is 0 Å². The second kappa shape index (κ2) is 7.22. The number of aryl methyl sites for hydroxylation is 2. The number of ether oxygens (including phenoxy) is 2. The molecule has 0 unspecified atom stereocenters. The summed E-state index contributed by atoms with van der Waals surface area (Å²) in [5.41, 5.74) is 3.91. The molecular formula is C20H21N5O4S. The maximum absolute atomic E-state index is 11.5. The highest BCUT2D eigenvalue weighted by Gasteiger charge is 2.18. The zero-order valence-electron chi connectivity index (χ0n) is 17.0. The first-order valence-electron chi connectivity index (χ1n) is 9.10. The first-order chi connectivity index (χ1) is 14.2. The molecule has 0 bridgehead atoms. The molecule has 0 amide bonds. The van der Waals surface area contributed by atoms with E-state index >= 15 is 0 Å². The Morgan fingerprint density at radius 1 is 1.07 bits per heavy atom. The molecule has 0 atom stereocenters. The molecule has 9 nitrogen and oxygen atoms in total. The first-order valence-corrected chi connectivity index (χ1v) is 10.6. The molecule has 0 saturated carbocycles. The van der Waals surface area contributed by atoms with E-state index < -0.39 is 10.0 Å². The minimum absolute atomic E-state index is 0.0270. The van der Waals surface area contributed by atoms with Crippen LogP contribution in [0.4, 0.5) is 0 Å². The van der Waals surface area contributed by atoms with Crippen LogP contribution in [-0.4, -0.2) is 42.2 Å². The third-order valence-corrected chi connectivity index (χ3v) is 5.89. The van der Waals surface area contributed by atoms with Crippen LogP contribution in [-0.2, 0) is 16.6 Å². The van der Waals surface area contributed by atoms with E-state index in [1.165, 1.54) is 12.3 Å². The molecule has 0 saturated heterocycles. The fourth-order valence-corrected chi connectivity index (χ4v) is 3.96. The van der Waals surface area contributed by atoms with Crippen molar-refractivity contribution in [3.8, 4) is 11.5 Å². The summed E-state index contributed by atoms with van der Waals surface area (Å²) in [7, 11) is -0.620. The summed E-state index contributed by atoms with van der Waals surface area (Å²) in [6.07, 6.45) is 1.26. The van der Waals surface area contributed by atoms with E-state index in [-0.39, 0.29) is 4.90 Å². The van der Waals surface area contributed by atoms with Crippen LogP contribution in [0.3, 0.4) is 0 Å². The normalized spacial score (nSPS) is 11.9. The summed E-state index contributed by atoms with van der Waals surface area (Å²) in [6, 6.07) is 6.82. The van der Waals surface area contributed by atoms with Gasteiger partial charge < -0.3 is 14.0 Å². The Kier molecular flexibility index (Phi) is 4.83. The van der Waals surface area contributed by atoms with Crippen molar-refractivity contribution in [2.75, 3.05) is 14.2 Å². The van der Waals surface area contributed by atoms with Gasteiger partial charge in [-0.15, -0.1) is 0 Å². The summed E-state index contributed by atoms with van der Waals surface area (Å²) in [5, 5.41) is 6.03. The number of hydrogen-bond acceptors (Lipinski definition) is 7. The molecule has 3 heterocycles. The maximum atomic E-state index is 11.5. The number of fused-ring (bicyclic) bond motifs is 3. The monoisotopic (exact) mass is 427 g/mol. The van der Waals surface area contributed by atoms with Gasteiger partial charge >= 0.3 is 0 Å². The summed E-state index contributed by atoms with van der Waals surface area (Å²) in [5.74, 6) is 1.98. The molecule has 2 N–H and O–H groups in total. The van der Waals surface area contributed by atoms with Crippen molar-refractivity contribution in [2.45, 2.75) is 25.3 Å².